The summed E-state index contributed by atoms with van der Waals surface area (Å²) in [5.74, 6) is -2.47. The third kappa shape index (κ3) is 6.40. The van der Waals surface area contributed by atoms with Crippen LogP contribution in [0.2, 0.25) is 0 Å². The van der Waals surface area contributed by atoms with E-state index in [0.717, 1.165) is 24.6 Å². The van der Waals surface area contributed by atoms with Crippen molar-refractivity contribution in [1.29, 1.82) is 0 Å². The number of nitrogens with zero attached hydrogens (tertiary/aromatic N) is 1. The summed E-state index contributed by atoms with van der Waals surface area (Å²) in [6.45, 7) is 3.41. The minimum atomic E-state index is -4.55. The van der Waals surface area contributed by atoms with Crippen molar-refractivity contribution in [2.75, 3.05) is 11.9 Å². The Labute approximate surface area is 244 Å². The van der Waals surface area contributed by atoms with E-state index in [1.54, 1.807) is 24.0 Å². The Balaban J connectivity index is 1.43. The average Bonchev–Trinajstić information content (AvgIpc) is 3.46. The number of halogens is 4. The predicted octanol–water partition coefficient (Wildman–Crippen LogP) is 7.31. The van der Waals surface area contributed by atoms with Crippen molar-refractivity contribution in [1.82, 2.24) is 10.2 Å². The molecule has 2 N–H and O–H groups in total. The molecule has 1 saturated carbocycles. The fraction of sp³-hybridized carbons (Fsp3) is 0.455. The highest BCUT2D eigenvalue weighted by Gasteiger charge is 2.43. The fourth-order valence-electron chi connectivity index (χ4n) is 6.66. The molecule has 9 heteroatoms. The second-order valence-electron chi connectivity index (χ2n) is 11.7. The number of likely N-dealkylation sites (tertiary alicyclic amines) is 1. The molecule has 0 radical (unpaired) electrons. The van der Waals surface area contributed by atoms with E-state index in [2.05, 4.69) is 16.7 Å². The van der Waals surface area contributed by atoms with Crippen LogP contribution in [0.4, 0.5) is 23.2 Å². The van der Waals surface area contributed by atoms with Crippen LogP contribution in [-0.2, 0) is 11.0 Å². The van der Waals surface area contributed by atoms with Gasteiger partial charge in [0.25, 0.3) is 5.91 Å². The van der Waals surface area contributed by atoms with Gasteiger partial charge in [-0.25, -0.2) is 4.39 Å². The maximum atomic E-state index is 14.9. The first-order valence-electron chi connectivity index (χ1n) is 14.7. The topological polar surface area (TPSA) is 61.4 Å². The molecule has 2 aliphatic carbocycles. The number of amides is 2. The highest BCUT2D eigenvalue weighted by molar-refractivity contribution is 5.98. The fourth-order valence-corrected chi connectivity index (χ4v) is 6.66. The predicted molar refractivity (Wildman–Crippen MR) is 154 cm³/mol. The van der Waals surface area contributed by atoms with Gasteiger partial charge in [0, 0.05) is 29.9 Å². The molecule has 1 unspecified atom stereocenters. The van der Waals surface area contributed by atoms with Gasteiger partial charge in [-0.15, -0.1) is 0 Å². The molecule has 0 bridgehead atoms. The highest BCUT2D eigenvalue weighted by atomic mass is 19.4. The van der Waals surface area contributed by atoms with E-state index in [9.17, 15) is 27.2 Å². The molecule has 2 aromatic rings. The number of carbonyl (C=O) groups is 2. The van der Waals surface area contributed by atoms with Crippen molar-refractivity contribution in [2.45, 2.75) is 77.1 Å². The van der Waals surface area contributed by atoms with Crippen LogP contribution in [0.5, 0.6) is 0 Å². The number of rotatable bonds is 6. The Morgan fingerprint density at radius 2 is 1.74 bits per heavy atom. The molecule has 1 aliphatic heterocycles. The molecule has 3 aliphatic rings. The van der Waals surface area contributed by atoms with Crippen molar-refractivity contribution >= 4 is 17.5 Å². The smallest absolute Gasteiger partial charge is 0.383 e. The number of aryl methyl sites for hydroxylation is 2. The Hall–Kier alpha value is -3.62. The summed E-state index contributed by atoms with van der Waals surface area (Å²) in [7, 11) is 0. The number of hydrogen-bond donors (Lipinski definition) is 2. The number of nitrogens with one attached hydrogen (secondary N) is 2. The Kier molecular flexibility index (Phi) is 8.76. The van der Waals surface area contributed by atoms with E-state index in [-0.39, 0.29) is 22.7 Å². The molecule has 42 heavy (non-hydrogen) atoms. The number of anilines is 1. The Morgan fingerprint density at radius 3 is 2.40 bits per heavy atom. The van der Waals surface area contributed by atoms with Crippen LogP contribution < -0.4 is 10.6 Å². The molecule has 1 heterocycles. The molecule has 3 atom stereocenters. The molecule has 224 valence electrons. The molecule has 0 spiro atoms. The number of benzene rings is 2. The Morgan fingerprint density at radius 1 is 0.976 bits per heavy atom. The number of carbonyl (C=O) groups excluding carboxylic acids is 2. The van der Waals surface area contributed by atoms with Gasteiger partial charge in [0.05, 0.1) is 23.1 Å². The lowest BCUT2D eigenvalue weighted by atomic mass is 9.77. The molecule has 5 rings (SSSR count). The minimum Gasteiger partial charge on any atom is -0.383 e. The first-order chi connectivity index (χ1) is 20.0. The molecular weight excluding hydrogens is 546 g/mol. The first-order valence-corrected chi connectivity index (χ1v) is 14.7. The van der Waals surface area contributed by atoms with Gasteiger partial charge in [0.2, 0.25) is 5.91 Å². The second-order valence-corrected chi connectivity index (χ2v) is 11.7. The Bertz CT molecular complexity index is 1370. The van der Waals surface area contributed by atoms with E-state index in [0.29, 0.717) is 37.4 Å². The SMILES string of the molecule is Cc1ccc(NC(=O)[C@H]2CCCN(C(=O)c3c(C)cccc3F)[C@H]2C2C=CC(NC3CCCC3)=CC2)cc1C(F)(F)F. The summed E-state index contributed by atoms with van der Waals surface area (Å²) >= 11 is 0. The summed E-state index contributed by atoms with van der Waals surface area (Å²) in [5, 5.41) is 6.27. The largest absolute Gasteiger partial charge is 0.416 e. The third-order valence-electron chi connectivity index (χ3n) is 8.83. The highest BCUT2D eigenvalue weighted by Crippen LogP contribution is 2.37. The van der Waals surface area contributed by atoms with Crippen LogP contribution in [0.15, 0.2) is 60.3 Å². The van der Waals surface area contributed by atoms with Gasteiger partial charge in [0.1, 0.15) is 5.82 Å². The molecular formula is C33H37F4N3O2. The molecule has 1 saturated heterocycles. The van der Waals surface area contributed by atoms with Crippen LogP contribution in [0.25, 0.3) is 0 Å². The zero-order chi connectivity index (χ0) is 30.0. The second kappa shape index (κ2) is 12.3. The number of piperidine rings is 1. The minimum absolute atomic E-state index is 0.0177. The number of hydrogen-bond acceptors (Lipinski definition) is 3. The summed E-state index contributed by atoms with van der Waals surface area (Å²) in [6, 6.07) is 8.05. The number of allylic oxidation sites excluding steroid dienone is 2. The van der Waals surface area contributed by atoms with Crippen molar-refractivity contribution in [3.8, 4) is 0 Å². The van der Waals surface area contributed by atoms with Crippen LogP contribution in [-0.4, -0.2) is 35.3 Å². The normalized spacial score (nSPS) is 23.0. The molecule has 2 aromatic carbocycles. The van der Waals surface area contributed by atoms with Crippen LogP contribution >= 0.6 is 0 Å². The zero-order valence-corrected chi connectivity index (χ0v) is 23.9. The van der Waals surface area contributed by atoms with Crippen LogP contribution in [0, 0.1) is 31.5 Å². The molecule has 0 aromatic heterocycles. The van der Waals surface area contributed by atoms with Crippen molar-refractivity contribution < 1.29 is 27.2 Å². The van der Waals surface area contributed by atoms with Crippen molar-refractivity contribution in [3.05, 3.63) is 88.4 Å². The lowest BCUT2D eigenvalue weighted by Crippen LogP contribution is -2.55. The van der Waals surface area contributed by atoms with Crippen LogP contribution in [0.1, 0.15) is 72.0 Å². The monoisotopic (exact) mass is 583 g/mol. The molecule has 2 amide bonds. The molecule has 2 fully saturated rings. The van der Waals surface area contributed by atoms with E-state index in [1.165, 1.54) is 38.0 Å². The summed E-state index contributed by atoms with van der Waals surface area (Å²) in [5.41, 5.74) is 0.802. The van der Waals surface area contributed by atoms with Gasteiger partial charge in [-0.2, -0.15) is 13.2 Å². The molecule has 5 nitrogen and oxygen atoms in total. The zero-order valence-electron chi connectivity index (χ0n) is 23.9. The van der Waals surface area contributed by atoms with Crippen molar-refractivity contribution in [2.24, 2.45) is 11.8 Å². The van der Waals surface area contributed by atoms with Gasteiger partial charge in [-0.1, -0.05) is 43.2 Å². The lowest BCUT2D eigenvalue weighted by Gasteiger charge is -2.44. The van der Waals surface area contributed by atoms with E-state index in [4.69, 9.17) is 0 Å². The summed E-state index contributed by atoms with van der Waals surface area (Å²) in [6.07, 6.45) is 7.72. The van der Waals surface area contributed by atoms with E-state index >= 15 is 0 Å². The average molecular weight is 584 g/mol. The van der Waals surface area contributed by atoms with Gasteiger partial charge < -0.3 is 15.5 Å². The third-order valence-corrected chi connectivity index (χ3v) is 8.83. The van der Waals surface area contributed by atoms with Gasteiger partial charge in [-0.05, 0) is 81.4 Å². The van der Waals surface area contributed by atoms with E-state index < -0.39 is 41.3 Å². The number of alkyl halides is 3. The van der Waals surface area contributed by atoms with Crippen molar-refractivity contribution in [3.63, 3.8) is 0 Å². The summed E-state index contributed by atoms with van der Waals surface area (Å²) < 4.78 is 55.6. The first kappa shape index (κ1) is 29.9. The van der Waals surface area contributed by atoms with Gasteiger partial charge in [-0.3, -0.25) is 9.59 Å². The van der Waals surface area contributed by atoms with Crippen LogP contribution in [0.3, 0.4) is 0 Å². The quantitative estimate of drug-likeness (QED) is 0.351. The summed E-state index contributed by atoms with van der Waals surface area (Å²) in [4.78, 5) is 29.2. The standard InChI is InChI=1S/C33H37F4N3O2/c1-20-12-15-25(19-27(20)33(35,36)37)39-31(41)26-10-6-18-40(32(42)29-21(2)7-5-11-28(29)34)30(26)22-13-16-24(17-14-22)38-23-8-3-4-9-23/h5,7,11-13,15-17,19,22-23,26,30,38H,3-4,6,8-10,14,18H2,1-2H3,(H,39,41)/t22?,26-,30-/m0/s1. The maximum Gasteiger partial charge on any atom is 0.416 e. The van der Waals surface area contributed by atoms with Gasteiger partial charge in [0.15, 0.2) is 0 Å². The lowest BCUT2D eigenvalue weighted by molar-refractivity contribution is -0.138. The van der Waals surface area contributed by atoms with Gasteiger partial charge >= 0.3 is 6.18 Å². The van der Waals surface area contributed by atoms with E-state index in [1.807, 2.05) is 12.2 Å². The maximum absolute atomic E-state index is 14.9.